The van der Waals surface area contributed by atoms with Gasteiger partial charge in [0, 0.05) is 19.6 Å². The highest BCUT2D eigenvalue weighted by atomic mass is 16.7. The van der Waals surface area contributed by atoms with Gasteiger partial charge in [0.25, 0.3) is 0 Å². The number of methoxy groups -OCH3 is 2. The van der Waals surface area contributed by atoms with Gasteiger partial charge in [0.05, 0.1) is 0 Å². The molecule has 0 atom stereocenters. The van der Waals surface area contributed by atoms with Crippen LogP contribution in [0.25, 0.3) is 10.8 Å². The fourth-order valence-electron chi connectivity index (χ4n) is 1.69. The highest BCUT2D eigenvalue weighted by Crippen LogP contribution is 2.29. The molecule has 0 heterocycles. The Morgan fingerprint density at radius 2 is 1.67 bits per heavy atom. The van der Waals surface area contributed by atoms with Crippen molar-refractivity contribution < 1.29 is 18.9 Å². The molecule has 0 aliphatic rings. The maximum atomic E-state index is 5.52. The number of fused-ring (bicyclic) bond motifs is 1. The molecule has 0 unspecified atom stereocenters. The van der Waals surface area contributed by atoms with Crippen LogP contribution in [0.3, 0.4) is 0 Å². The van der Waals surface area contributed by atoms with Gasteiger partial charge in [-0.15, -0.1) is 0 Å². The zero-order chi connectivity index (χ0) is 12.8. The standard InChI is InChI=1S/C14H16O4/c1-15-9-17-12-7-6-11-4-3-5-14(13(11)8-12)18-10-16-2/h3-8H,9-10H2,1-2H3. The van der Waals surface area contributed by atoms with Crippen LogP contribution in [0.2, 0.25) is 0 Å². The molecule has 0 radical (unpaired) electrons. The Morgan fingerprint density at radius 1 is 0.889 bits per heavy atom. The van der Waals surface area contributed by atoms with Crippen LogP contribution < -0.4 is 9.47 Å². The van der Waals surface area contributed by atoms with Gasteiger partial charge in [0.1, 0.15) is 11.5 Å². The lowest BCUT2D eigenvalue weighted by molar-refractivity contribution is 0.0504. The molecular formula is C14H16O4. The van der Waals surface area contributed by atoms with Crippen molar-refractivity contribution in [2.24, 2.45) is 0 Å². The van der Waals surface area contributed by atoms with E-state index in [-0.39, 0.29) is 13.6 Å². The van der Waals surface area contributed by atoms with E-state index in [1.165, 1.54) is 0 Å². The van der Waals surface area contributed by atoms with Gasteiger partial charge in [0.2, 0.25) is 0 Å². The maximum absolute atomic E-state index is 5.52. The zero-order valence-electron chi connectivity index (χ0n) is 10.5. The Bertz CT molecular complexity index is 510. The highest BCUT2D eigenvalue weighted by Gasteiger charge is 2.04. The highest BCUT2D eigenvalue weighted by molar-refractivity contribution is 5.89. The molecule has 18 heavy (non-hydrogen) atoms. The van der Waals surface area contributed by atoms with Gasteiger partial charge < -0.3 is 18.9 Å². The van der Waals surface area contributed by atoms with E-state index < -0.39 is 0 Å². The molecule has 0 fully saturated rings. The molecule has 0 bridgehead atoms. The molecule has 2 rings (SSSR count). The lowest BCUT2D eigenvalue weighted by Gasteiger charge is -2.10. The molecule has 4 nitrogen and oxygen atoms in total. The molecule has 0 aliphatic carbocycles. The Labute approximate surface area is 106 Å². The monoisotopic (exact) mass is 248 g/mol. The first kappa shape index (κ1) is 12.7. The molecule has 0 aromatic heterocycles. The van der Waals surface area contributed by atoms with Crippen molar-refractivity contribution in [2.75, 3.05) is 27.8 Å². The Balaban J connectivity index is 2.32. The van der Waals surface area contributed by atoms with Gasteiger partial charge in [-0.3, -0.25) is 0 Å². The van der Waals surface area contributed by atoms with E-state index in [1.807, 2.05) is 36.4 Å². The van der Waals surface area contributed by atoms with Gasteiger partial charge in [-0.25, -0.2) is 0 Å². The molecule has 0 amide bonds. The molecule has 0 saturated carbocycles. The van der Waals surface area contributed by atoms with Gasteiger partial charge in [-0.2, -0.15) is 0 Å². The van der Waals surface area contributed by atoms with Gasteiger partial charge in [0.15, 0.2) is 13.6 Å². The first-order valence-electron chi connectivity index (χ1n) is 5.61. The summed E-state index contributed by atoms with van der Waals surface area (Å²) in [5, 5.41) is 2.08. The summed E-state index contributed by atoms with van der Waals surface area (Å²) in [5.74, 6) is 1.52. The third-order valence-electron chi connectivity index (χ3n) is 2.49. The summed E-state index contributed by atoms with van der Waals surface area (Å²) in [6.07, 6.45) is 0. The van der Waals surface area contributed by atoms with E-state index in [2.05, 4.69) is 0 Å². The number of hydrogen-bond donors (Lipinski definition) is 0. The second-order valence-corrected chi connectivity index (χ2v) is 3.74. The third kappa shape index (κ3) is 2.91. The number of benzene rings is 2. The van der Waals surface area contributed by atoms with E-state index >= 15 is 0 Å². The average molecular weight is 248 g/mol. The van der Waals surface area contributed by atoms with E-state index in [0.717, 1.165) is 22.3 Å². The Kier molecular flexibility index (Phi) is 4.39. The van der Waals surface area contributed by atoms with Crippen molar-refractivity contribution in [3.05, 3.63) is 36.4 Å². The van der Waals surface area contributed by atoms with Gasteiger partial charge >= 0.3 is 0 Å². The van der Waals surface area contributed by atoms with Crippen molar-refractivity contribution in [1.29, 1.82) is 0 Å². The normalized spacial score (nSPS) is 10.6. The van der Waals surface area contributed by atoms with Crippen molar-refractivity contribution in [1.82, 2.24) is 0 Å². The molecule has 0 N–H and O–H groups in total. The molecule has 0 aliphatic heterocycles. The molecular weight excluding hydrogens is 232 g/mol. The van der Waals surface area contributed by atoms with E-state index in [0.29, 0.717) is 0 Å². The predicted molar refractivity (Wildman–Crippen MR) is 69.0 cm³/mol. The largest absolute Gasteiger partial charge is 0.468 e. The summed E-state index contributed by atoms with van der Waals surface area (Å²) < 4.78 is 20.7. The fourth-order valence-corrected chi connectivity index (χ4v) is 1.69. The molecule has 0 saturated heterocycles. The summed E-state index contributed by atoms with van der Waals surface area (Å²) in [6, 6.07) is 11.7. The summed E-state index contributed by atoms with van der Waals surface area (Å²) in [6.45, 7) is 0.453. The topological polar surface area (TPSA) is 36.9 Å². The Hall–Kier alpha value is -1.78. The molecule has 2 aromatic rings. The molecule has 4 heteroatoms. The molecule has 96 valence electrons. The summed E-state index contributed by atoms with van der Waals surface area (Å²) in [5.41, 5.74) is 0. The SMILES string of the molecule is COCOc1ccc2cccc(OCOC)c2c1. The van der Waals surface area contributed by atoms with Crippen LogP contribution in [0.4, 0.5) is 0 Å². The lowest BCUT2D eigenvalue weighted by Crippen LogP contribution is -2.00. The number of rotatable bonds is 6. The average Bonchev–Trinajstić information content (AvgIpc) is 2.42. The summed E-state index contributed by atoms with van der Waals surface area (Å²) in [4.78, 5) is 0. The quantitative estimate of drug-likeness (QED) is 0.737. The first-order valence-corrected chi connectivity index (χ1v) is 5.61. The maximum Gasteiger partial charge on any atom is 0.188 e. The minimum Gasteiger partial charge on any atom is -0.468 e. The van der Waals surface area contributed by atoms with E-state index in [9.17, 15) is 0 Å². The minimum absolute atomic E-state index is 0.224. The van der Waals surface area contributed by atoms with Crippen molar-refractivity contribution >= 4 is 10.8 Å². The second kappa shape index (κ2) is 6.23. The van der Waals surface area contributed by atoms with E-state index in [1.54, 1.807) is 14.2 Å². The van der Waals surface area contributed by atoms with Crippen LogP contribution in [0.15, 0.2) is 36.4 Å². The summed E-state index contributed by atoms with van der Waals surface area (Å²) >= 11 is 0. The minimum atomic E-state index is 0.224. The van der Waals surface area contributed by atoms with Crippen molar-refractivity contribution in [3.63, 3.8) is 0 Å². The fraction of sp³-hybridized carbons (Fsp3) is 0.286. The van der Waals surface area contributed by atoms with Gasteiger partial charge in [-0.1, -0.05) is 18.2 Å². The predicted octanol–water partition coefficient (Wildman–Crippen LogP) is 2.81. The van der Waals surface area contributed by atoms with Crippen LogP contribution in [0, 0.1) is 0 Å². The summed E-state index contributed by atoms with van der Waals surface area (Å²) in [7, 11) is 3.19. The van der Waals surface area contributed by atoms with Gasteiger partial charge in [-0.05, 0) is 23.6 Å². The second-order valence-electron chi connectivity index (χ2n) is 3.74. The number of hydrogen-bond acceptors (Lipinski definition) is 4. The Morgan fingerprint density at radius 3 is 2.44 bits per heavy atom. The van der Waals surface area contributed by atoms with Crippen LogP contribution in [0.1, 0.15) is 0 Å². The first-order chi connectivity index (χ1) is 8.85. The molecule has 2 aromatic carbocycles. The van der Waals surface area contributed by atoms with E-state index in [4.69, 9.17) is 18.9 Å². The lowest BCUT2D eigenvalue weighted by atomic mass is 10.1. The van der Waals surface area contributed by atoms with Crippen LogP contribution in [0.5, 0.6) is 11.5 Å². The van der Waals surface area contributed by atoms with Crippen molar-refractivity contribution in [2.45, 2.75) is 0 Å². The smallest absolute Gasteiger partial charge is 0.188 e. The molecule has 0 spiro atoms. The number of ether oxygens (including phenoxy) is 4. The van der Waals surface area contributed by atoms with Crippen LogP contribution in [-0.2, 0) is 9.47 Å². The van der Waals surface area contributed by atoms with Crippen LogP contribution in [-0.4, -0.2) is 27.8 Å². The zero-order valence-corrected chi connectivity index (χ0v) is 10.5. The third-order valence-corrected chi connectivity index (χ3v) is 2.49. The van der Waals surface area contributed by atoms with Crippen LogP contribution >= 0.6 is 0 Å². The van der Waals surface area contributed by atoms with Crippen molar-refractivity contribution in [3.8, 4) is 11.5 Å².